The van der Waals surface area contributed by atoms with Crippen molar-refractivity contribution in [2.24, 2.45) is 7.05 Å². The molecule has 0 aliphatic rings. The van der Waals surface area contributed by atoms with E-state index >= 15 is 0 Å². The number of aromatic nitrogens is 5. The zero-order chi connectivity index (χ0) is 13.2. The van der Waals surface area contributed by atoms with Crippen LogP contribution in [0.2, 0.25) is 0 Å². The average molecular weight is 337 g/mol. The van der Waals surface area contributed by atoms with Gasteiger partial charge in [0.2, 0.25) is 10.9 Å². The number of nitrogens with zero attached hydrogens (tertiary/aromatic N) is 5. The van der Waals surface area contributed by atoms with Crippen LogP contribution in [0.1, 0.15) is 5.89 Å². The molecule has 0 aliphatic carbocycles. The maximum absolute atomic E-state index is 12.0. The number of aryl methyl sites for hydroxylation is 1. The third-order valence-electron chi connectivity index (χ3n) is 2.03. The number of hydrogen-bond donors (Lipinski definition) is 1. The van der Waals surface area contributed by atoms with E-state index in [2.05, 4.69) is 41.1 Å². The van der Waals surface area contributed by atoms with E-state index in [9.17, 15) is 8.42 Å². The predicted octanol–water partition coefficient (Wildman–Crippen LogP) is -0.518. The first-order chi connectivity index (χ1) is 8.50. The van der Waals surface area contributed by atoms with E-state index in [-0.39, 0.29) is 16.2 Å². The van der Waals surface area contributed by atoms with Gasteiger partial charge >= 0.3 is 0 Å². The van der Waals surface area contributed by atoms with E-state index in [4.69, 9.17) is 4.52 Å². The highest BCUT2D eigenvalue weighted by Gasteiger charge is 2.23. The minimum Gasteiger partial charge on any atom is -0.340 e. The van der Waals surface area contributed by atoms with Gasteiger partial charge in [-0.1, -0.05) is 10.4 Å². The Hall–Kier alpha value is -1.33. The van der Waals surface area contributed by atoms with E-state index in [0.29, 0.717) is 12.3 Å². The van der Waals surface area contributed by atoms with Crippen molar-refractivity contribution in [1.82, 2.24) is 29.9 Å². The molecule has 2 aromatic rings. The smallest absolute Gasteiger partial charge is 0.260 e. The van der Waals surface area contributed by atoms with Gasteiger partial charge in [-0.05, 0) is 15.9 Å². The second-order valence-electron chi connectivity index (χ2n) is 3.29. The van der Waals surface area contributed by atoms with Crippen molar-refractivity contribution >= 4 is 26.0 Å². The van der Waals surface area contributed by atoms with Crippen molar-refractivity contribution in [3.05, 3.63) is 16.8 Å². The minimum atomic E-state index is -3.68. The molecule has 2 aromatic heterocycles. The number of nitrogens with one attached hydrogen (secondary N) is 1. The topological polar surface area (TPSA) is 116 Å². The van der Waals surface area contributed by atoms with Crippen molar-refractivity contribution in [3.8, 4) is 0 Å². The molecule has 11 heteroatoms. The molecule has 0 radical (unpaired) electrons. The minimum absolute atomic E-state index is 0.0342. The summed E-state index contributed by atoms with van der Waals surface area (Å²) in [6.07, 6.45) is 1.56. The van der Waals surface area contributed by atoms with Gasteiger partial charge in [0.1, 0.15) is 0 Å². The highest BCUT2D eigenvalue weighted by atomic mass is 79.9. The first-order valence-electron chi connectivity index (χ1n) is 4.81. The lowest BCUT2D eigenvalue weighted by molar-refractivity contribution is 0.377. The summed E-state index contributed by atoms with van der Waals surface area (Å²) in [5, 5.41) is 10.6. The second kappa shape index (κ2) is 5.12. The predicted molar refractivity (Wildman–Crippen MR) is 61.9 cm³/mol. The van der Waals surface area contributed by atoms with Crippen molar-refractivity contribution in [2.75, 3.05) is 6.54 Å². The summed E-state index contributed by atoms with van der Waals surface area (Å²) in [6.45, 7) is 0.141. The van der Waals surface area contributed by atoms with Crippen molar-refractivity contribution < 1.29 is 12.9 Å². The summed E-state index contributed by atoms with van der Waals surface area (Å²) < 4.78 is 32.4. The summed E-state index contributed by atoms with van der Waals surface area (Å²) in [5.41, 5.74) is 0. The quantitative estimate of drug-likeness (QED) is 0.780. The van der Waals surface area contributed by atoms with Gasteiger partial charge in [0.25, 0.3) is 10.0 Å². The fraction of sp³-hybridized carbons (Fsp3) is 0.429. The maximum atomic E-state index is 12.0. The molecule has 98 valence electrons. The molecule has 2 rings (SSSR count). The maximum Gasteiger partial charge on any atom is 0.260 e. The molecule has 1 N–H and O–H groups in total. The summed E-state index contributed by atoms with van der Waals surface area (Å²) >= 11 is 3.03. The first kappa shape index (κ1) is 13.1. The molecular weight excluding hydrogens is 328 g/mol. The first-order valence-corrected chi connectivity index (χ1v) is 7.08. The molecular formula is C7H9BrN6O3S. The van der Waals surface area contributed by atoms with Gasteiger partial charge in [-0.25, -0.2) is 17.8 Å². The standard InChI is InChI=1S/C7H9BrN6O3S/c1-14-7(6(8)12-13-14)18(15,16)11-3-2-5-9-4-10-17-5/h4,11H,2-3H2,1H3. The van der Waals surface area contributed by atoms with Crippen molar-refractivity contribution in [3.63, 3.8) is 0 Å². The summed E-state index contributed by atoms with van der Waals surface area (Å²) in [7, 11) is -2.19. The Kier molecular flexibility index (Phi) is 3.73. The average Bonchev–Trinajstić information content (AvgIpc) is 2.89. The van der Waals surface area contributed by atoms with E-state index < -0.39 is 10.0 Å². The molecule has 0 saturated carbocycles. The van der Waals surface area contributed by atoms with E-state index in [1.165, 1.54) is 18.1 Å². The molecule has 18 heavy (non-hydrogen) atoms. The lowest BCUT2D eigenvalue weighted by Gasteiger charge is -2.05. The summed E-state index contributed by atoms with van der Waals surface area (Å²) in [5.74, 6) is 0.361. The molecule has 0 aliphatic heterocycles. The molecule has 0 amide bonds. The highest BCUT2D eigenvalue weighted by molar-refractivity contribution is 9.10. The fourth-order valence-corrected chi connectivity index (χ4v) is 3.40. The number of halogens is 1. The van der Waals surface area contributed by atoms with Gasteiger partial charge in [-0.2, -0.15) is 4.98 Å². The molecule has 2 heterocycles. The van der Waals surface area contributed by atoms with Gasteiger partial charge in [0.05, 0.1) is 0 Å². The molecule has 0 bridgehead atoms. The summed E-state index contributed by atoms with van der Waals surface area (Å²) in [4.78, 5) is 3.78. The van der Waals surface area contributed by atoms with Crippen molar-refractivity contribution in [1.29, 1.82) is 0 Å². The van der Waals surface area contributed by atoms with Crippen LogP contribution in [-0.2, 0) is 23.5 Å². The molecule has 9 nitrogen and oxygen atoms in total. The van der Waals surface area contributed by atoms with Gasteiger partial charge in [0.15, 0.2) is 10.9 Å². The van der Waals surface area contributed by atoms with Crippen LogP contribution in [0.5, 0.6) is 0 Å². The van der Waals surface area contributed by atoms with E-state index in [1.807, 2.05) is 0 Å². The van der Waals surface area contributed by atoms with Crippen LogP contribution in [0.4, 0.5) is 0 Å². The number of sulfonamides is 1. The number of hydrogen-bond acceptors (Lipinski definition) is 7. The fourth-order valence-electron chi connectivity index (χ4n) is 1.27. The van der Waals surface area contributed by atoms with E-state index in [1.54, 1.807) is 0 Å². The van der Waals surface area contributed by atoms with Crippen LogP contribution in [0.3, 0.4) is 0 Å². The Morgan fingerprint density at radius 3 is 2.89 bits per heavy atom. The van der Waals surface area contributed by atoms with E-state index in [0.717, 1.165) is 0 Å². The zero-order valence-electron chi connectivity index (χ0n) is 9.24. The Bertz CT molecular complexity index is 602. The normalized spacial score (nSPS) is 11.9. The monoisotopic (exact) mass is 336 g/mol. The van der Waals surface area contributed by atoms with Crippen LogP contribution in [0.15, 0.2) is 20.5 Å². The van der Waals surface area contributed by atoms with Crippen LogP contribution in [0.25, 0.3) is 0 Å². The Morgan fingerprint density at radius 1 is 1.56 bits per heavy atom. The van der Waals surface area contributed by atoms with Crippen LogP contribution < -0.4 is 4.72 Å². The van der Waals surface area contributed by atoms with Gasteiger partial charge in [-0.3, -0.25) is 0 Å². The number of rotatable bonds is 5. The zero-order valence-corrected chi connectivity index (χ0v) is 11.6. The highest BCUT2D eigenvalue weighted by Crippen LogP contribution is 2.17. The molecule has 0 atom stereocenters. The molecule has 0 unspecified atom stereocenters. The Labute approximate surface area is 111 Å². The third kappa shape index (κ3) is 2.73. The second-order valence-corrected chi connectivity index (χ2v) is 5.73. The molecule has 0 saturated heterocycles. The van der Waals surface area contributed by atoms with Crippen LogP contribution in [0, 0.1) is 0 Å². The van der Waals surface area contributed by atoms with Gasteiger partial charge in [-0.15, -0.1) is 5.10 Å². The van der Waals surface area contributed by atoms with Crippen molar-refractivity contribution in [2.45, 2.75) is 11.4 Å². The lowest BCUT2D eigenvalue weighted by Crippen LogP contribution is -2.28. The Morgan fingerprint density at radius 2 is 2.33 bits per heavy atom. The molecule has 0 fully saturated rings. The van der Waals surface area contributed by atoms with Gasteiger partial charge < -0.3 is 4.52 Å². The molecule has 0 spiro atoms. The summed E-state index contributed by atoms with van der Waals surface area (Å²) in [6, 6.07) is 0. The third-order valence-corrected chi connectivity index (χ3v) is 4.38. The lowest BCUT2D eigenvalue weighted by atomic mass is 10.4. The van der Waals surface area contributed by atoms with Crippen LogP contribution in [-0.4, -0.2) is 40.1 Å². The SMILES string of the molecule is Cn1nnc(Br)c1S(=O)(=O)NCCc1ncno1. The van der Waals surface area contributed by atoms with Crippen LogP contribution >= 0.6 is 15.9 Å². The Balaban J connectivity index is 2.04. The van der Waals surface area contributed by atoms with Gasteiger partial charge in [0, 0.05) is 20.0 Å². The largest absolute Gasteiger partial charge is 0.340 e. The molecule has 0 aromatic carbocycles.